The highest BCUT2D eigenvalue weighted by Crippen LogP contribution is 2.26. The fraction of sp³-hybridized carbons (Fsp3) is 0.136. The standard InChI is InChI=1S/C22H21ClN2S/c1-15-12-13-18(16(2)14-15)21(17-8-4-3-5-9-17)25-22(26)24-20-11-7-6-10-19(20)23/h3-14,21H,1-2H3,(H2,24,25,26)/t21-/m0/s1. The summed E-state index contributed by atoms with van der Waals surface area (Å²) in [5, 5.41) is 7.82. The van der Waals surface area contributed by atoms with Gasteiger partial charge in [0.25, 0.3) is 0 Å². The Kier molecular flexibility index (Phi) is 5.92. The van der Waals surface area contributed by atoms with E-state index in [-0.39, 0.29) is 6.04 Å². The molecule has 0 aliphatic carbocycles. The Labute approximate surface area is 165 Å². The SMILES string of the molecule is Cc1ccc([C@@H](NC(=S)Nc2ccccc2Cl)c2ccccc2)c(C)c1. The number of nitrogens with one attached hydrogen (secondary N) is 2. The molecule has 0 saturated heterocycles. The summed E-state index contributed by atoms with van der Waals surface area (Å²) in [6.07, 6.45) is 0. The van der Waals surface area contributed by atoms with Crippen molar-refractivity contribution in [2.24, 2.45) is 0 Å². The van der Waals surface area contributed by atoms with Crippen molar-refractivity contribution in [3.63, 3.8) is 0 Å². The van der Waals surface area contributed by atoms with Crippen LogP contribution in [0.15, 0.2) is 72.8 Å². The summed E-state index contributed by atoms with van der Waals surface area (Å²) in [5.41, 5.74) is 5.62. The van der Waals surface area contributed by atoms with Gasteiger partial charge < -0.3 is 10.6 Å². The van der Waals surface area contributed by atoms with E-state index < -0.39 is 0 Å². The summed E-state index contributed by atoms with van der Waals surface area (Å²) in [5.74, 6) is 0. The lowest BCUT2D eigenvalue weighted by Crippen LogP contribution is -2.33. The van der Waals surface area contributed by atoms with E-state index in [2.05, 4.69) is 54.8 Å². The van der Waals surface area contributed by atoms with E-state index in [0.29, 0.717) is 10.1 Å². The van der Waals surface area contributed by atoms with Gasteiger partial charge in [0.1, 0.15) is 0 Å². The number of hydrogen-bond donors (Lipinski definition) is 2. The van der Waals surface area contributed by atoms with Crippen molar-refractivity contribution in [1.82, 2.24) is 5.32 Å². The largest absolute Gasteiger partial charge is 0.352 e. The van der Waals surface area contributed by atoms with Crippen LogP contribution in [0.5, 0.6) is 0 Å². The summed E-state index contributed by atoms with van der Waals surface area (Å²) in [7, 11) is 0. The molecule has 4 heteroatoms. The molecule has 2 N–H and O–H groups in total. The third-order valence-electron chi connectivity index (χ3n) is 4.27. The van der Waals surface area contributed by atoms with Gasteiger partial charge in [-0.2, -0.15) is 0 Å². The van der Waals surface area contributed by atoms with Gasteiger partial charge in [-0.25, -0.2) is 0 Å². The van der Waals surface area contributed by atoms with Gasteiger partial charge in [-0.3, -0.25) is 0 Å². The van der Waals surface area contributed by atoms with E-state index in [9.17, 15) is 0 Å². The van der Waals surface area contributed by atoms with Crippen LogP contribution in [0.1, 0.15) is 28.3 Å². The molecule has 0 radical (unpaired) electrons. The topological polar surface area (TPSA) is 24.1 Å². The first kappa shape index (κ1) is 18.4. The van der Waals surface area contributed by atoms with Crippen molar-refractivity contribution in [3.8, 4) is 0 Å². The molecule has 0 amide bonds. The lowest BCUT2D eigenvalue weighted by atomic mass is 9.94. The van der Waals surface area contributed by atoms with Crippen LogP contribution in [0.3, 0.4) is 0 Å². The summed E-state index contributed by atoms with van der Waals surface area (Å²) >= 11 is 11.8. The number of hydrogen-bond acceptors (Lipinski definition) is 1. The van der Waals surface area contributed by atoms with Crippen LogP contribution in [0.4, 0.5) is 5.69 Å². The molecule has 0 fully saturated rings. The van der Waals surface area contributed by atoms with Crippen molar-refractivity contribution in [3.05, 3.63) is 100 Å². The molecule has 0 spiro atoms. The lowest BCUT2D eigenvalue weighted by Gasteiger charge is -2.24. The van der Waals surface area contributed by atoms with Crippen molar-refractivity contribution in [2.75, 3.05) is 5.32 Å². The zero-order chi connectivity index (χ0) is 18.5. The Bertz CT molecular complexity index is 909. The quantitative estimate of drug-likeness (QED) is 0.540. The number of benzene rings is 3. The van der Waals surface area contributed by atoms with E-state index in [1.165, 1.54) is 16.7 Å². The highest BCUT2D eigenvalue weighted by molar-refractivity contribution is 7.80. The zero-order valence-corrected chi connectivity index (χ0v) is 16.4. The Morgan fingerprint density at radius 3 is 2.31 bits per heavy atom. The second kappa shape index (κ2) is 8.35. The summed E-state index contributed by atoms with van der Waals surface area (Å²) < 4.78 is 0. The van der Waals surface area contributed by atoms with Crippen molar-refractivity contribution in [2.45, 2.75) is 19.9 Å². The monoisotopic (exact) mass is 380 g/mol. The number of thiocarbonyl (C=S) groups is 1. The first-order valence-corrected chi connectivity index (χ1v) is 9.27. The van der Waals surface area contributed by atoms with Gasteiger partial charge in [0.2, 0.25) is 0 Å². The summed E-state index contributed by atoms with van der Waals surface area (Å²) in [4.78, 5) is 0. The van der Waals surface area contributed by atoms with Gasteiger partial charge in [-0.1, -0.05) is 77.8 Å². The third kappa shape index (κ3) is 4.43. The zero-order valence-electron chi connectivity index (χ0n) is 14.8. The molecule has 0 aliphatic rings. The average molecular weight is 381 g/mol. The van der Waals surface area contributed by atoms with Crippen molar-refractivity contribution < 1.29 is 0 Å². The molecule has 3 rings (SSSR count). The molecule has 0 aromatic heterocycles. The molecule has 0 heterocycles. The first-order chi connectivity index (χ1) is 12.5. The third-order valence-corrected chi connectivity index (χ3v) is 4.82. The van der Waals surface area contributed by atoms with Crippen molar-refractivity contribution >= 4 is 34.6 Å². The van der Waals surface area contributed by atoms with Crippen LogP contribution in [-0.4, -0.2) is 5.11 Å². The maximum absolute atomic E-state index is 6.23. The maximum Gasteiger partial charge on any atom is 0.171 e. The van der Waals surface area contributed by atoms with Gasteiger partial charge >= 0.3 is 0 Å². The van der Waals surface area contributed by atoms with Gasteiger partial charge in [0.05, 0.1) is 16.8 Å². The molecule has 0 unspecified atom stereocenters. The molecule has 2 nitrogen and oxygen atoms in total. The van der Waals surface area contributed by atoms with E-state index in [0.717, 1.165) is 11.3 Å². The molecule has 132 valence electrons. The smallest absolute Gasteiger partial charge is 0.171 e. The van der Waals surface area contributed by atoms with Crippen LogP contribution < -0.4 is 10.6 Å². The number of para-hydroxylation sites is 1. The minimum absolute atomic E-state index is 0.0423. The molecule has 0 aliphatic heterocycles. The Morgan fingerprint density at radius 1 is 0.923 bits per heavy atom. The average Bonchev–Trinajstić information content (AvgIpc) is 2.63. The molecular weight excluding hydrogens is 360 g/mol. The molecule has 26 heavy (non-hydrogen) atoms. The van der Waals surface area contributed by atoms with E-state index in [4.69, 9.17) is 23.8 Å². The minimum Gasteiger partial charge on any atom is -0.352 e. The molecule has 1 atom stereocenters. The number of halogens is 1. The van der Waals surface area contributed by atoms with Crippen LogP contribution in [0.2, 0.25) is 5.02 Å². The van der Waals surface area contributed by atoms with Crippen LogP contribution in [-0.2, 0) is 0 Å². The van der Waals surface area contributed by atoms with Gasteiger partial charge in [-0.05, 0) is 54.9 Å². The number of aryl methyl sites for hydroxylation is 2. The molecule has 0 saturated carbocycles. The fourth-order valence-corrected chi connectivity index (χ4v) is 3.40. The normalized spacial score (nSPS) is 11.7. The van der Waals surface area contributed by atoms with E-state index in [1.54, 1.807) is 0 Å². The molecule has 3 aromatic carbocycles. The predicted molar refractivity (Wildman–Crippen MR) is 115 cm³/mol. The van der Waals surface area contributed by atoms with Crippen LogP contribution in [0, 0.1) is 13.8 Å². The first-order valence-electron chi connectivity index (χ1n) is 8.49. The Morgan fingerprint density at radius 2 is 1.62 bits per heavy atom. The van der Waals surface area contributed by atoms with Gasteiger partial charge in [0, 0.05) is 0 Å². The molecular formula is C22H21ClN2S. The summed E-state index contributed by atoms with van der Waals surface area (Å²) in [6, 6.07) is 24.3. The van der Waals surface area contributed by atoms with Gasteiger partial charge in [-0.15, -0.1) is 0 Å². The van der Waals surface area contributed by atoms with Crippen LogP contribution in [0.25, 0.3) is 0 Å². The van der Waals surface area contributed by atoms with E-state index in [1.807, 2.05) is 42.5 Å². The summed E-state index contributed by atoms with van der Waals surface area (Å²) in [6.45, 7) is 4.23. The maximum atomic E-state index is 6.23. The molecule has 3 aromatic rings. The lowest BCUT2D eigenvalue weighted by molar-refractivity contribution is 0.762. The predicted octanol–water partition coefficient (Wildman–Crippen LogP) is 6.03. The van der Waals surface area contributed by atoms with Crippen molar-refractivity contribution in [1.29, 1.82) is 0 Å². The second-order valence-electron chi connectivity index (χ2n) is 6.28. The molecule has 0 bridgehead atoms. The highest BCUT2D eigenvalue weighted by atomic mass is 35.5. The highest BCUT2D eigenvalue weighted by Gasteiger charge is 2.17. The Hall–Kier alpha value is -2.36. The van der Waals surface area contributed by atoms with E-state index >= 15 is 0 Å². The fourth-order valence-electron chi connectivity index (χ4n) is 2.99. The van der Waals surface area contributed by atoms with Crippen LogP contribution >= 0.6 is 23.8 Å². The minimum atomic E-state index is -0.0423. The van der Waals surface area contributed by atoms with Gasteiger partial charge in [0.15, 0.2) is 5.11 Å². The second-order valence-corrected chi connectivity index (χ2v) is 7.10. The number of anilines is 1. The Balaban J connectivity index is 1.89. The number of rotatable bonds is 4.